The summed E-state index contributed by atoms with van der Waals surface area (Å²) < 4.78 is 1.92. The van der Waals surface area contributed by atoms with E-state index in [1.165, 1.54) is 11.8 Å². The molecule has 1 N–H and O–H groups in total. The molecule has 0 aliphatic rings. The Hall–Kier alpha value is -1.33. The zero-order valence-electron chi connectivity index (χ0n) is 9.16. The van der Waals surface area contributed by atoms with Gasteiger partial charge in [0.1, 0.15) is 5.03 Å². The summed E-state index contributed by atoms with van der Waals surface area (Å²) in [5.74, 6) is 0. The van der Waals surface area contributed by atoms with Gasteiger partial charge in [-0.05, 0) is 24.8 Å². The Morgan fingerprint density at radius 3 is 2.81 bits per heavy atom. The van der Waals surface area contributed by atoms with Crippen LogP contribution in [0.2, 0.25) is 0 Å². The van der Waals surface area contributed by atoms with Gasteiger partial charge in [-0.25, -0.2) is 9.97 Å². The van der Waals surface area contributed by atoms with Crippen LogP contribution < -0.4 is 0 Å². The number of hydrogen-bond donors (Lipinski definition) is 1. The summed E-state index contributed by atoms with van der Waals surface area (Å²) in [4.78, 5) is 8.48. The van der Waals surface area contributed by atoms with Crippen molar-refractivity contribution in [1.82, 2.24) is 14.5 Å². The average Bonchev–Trinajstić information content (AvgIpc) is 2.65. The zero-order valence-corrected chi connectivity index (χ0v) is 9.98. The van der Waals surface area contributed by atoms with Crippen molar-refractivity contribution < 1.29 is 5.11 Å². The minimum absolute atomic E-state index is 0.517. The lowest BCUT2D eigenvalue weighted by Gasteiger charge is -2.09. The molecule has 1 atom stereocenters. The summed E-state index contributed by atoms with van der Waals surface area (Å²) in [6.07, 6.45) is 4.83. The van der Waals surface area contributed by atoms with Gasteiger partial charge in [-0.15, -0.1) is 0 Å². The summed E-state index contributed by atoms with van der Waals surface area (Å²) in [7, 11) is 1.93. The second-order valence-corrected chi connectivity index (χ2v) is 4.45. The molecule has 0 radical (unpaired) electrons. The van der Waals surface area contributed by atoms with E-state index in [1.54, 1.807) is 19.3 Å². The first-order chi connectivity index (χ1) is 7.68. The van der Waals surface area contributed by atoms with Crippen molar-refractivity contribution in [2.24, 2.45) is 7.05 Å². The number of rotatable bonds is 3. The summed E-state index contributed by atoms with van der Waals surface area (Å²) in [6.45, 7) is 1.74. The van der Waals surface area contributed by atoms with Crippen molar-refractivity contribution in [3.8, 4) is 0 Å². The Labute approximate surface area is 98.4 Å². The van der Waals surface area contributed by atoms with Crippen LogP contribution in [0.4, 0.5) is 0 Å². The highest BCUT2D eigenvalue weighted by Crippen LogP contribution is 2.29. The predicted octanol–water partition coefficient (Wildman–Crippen LogP) is 2.02. The van der Waals surface area contributed by atoms with Crippen molar-refractivity contribution in [2.75, 3.05) is 0 Å². The normalized spacial score (nSPS) is 12.7. The fourth-order valence-corrected chi connectivity index (χ4v) is 2.30. The number of aromatic nitrogens is 3. The number of pyridine rings is 1. The number of nitrogens with zero attached hydrogens (tertiary/aromatic N) is 3. The van der Waals surface area contributed by atoms with Gasteiger partial charge in [0.15, 0.2) is 5.16 Å². The third-order valence-electron chi connectivity index (χ3n) is 2.22. The Balaban J connectivity index is 2.31. The maximum absolute atomic E-state index is 9.62. The van der Waals surface area contributed by atoms with Gasteiger partial charge in [0.2, 0.25) is 0 Å². The van der Waals surface area contributed by atoms with E-state index in [0.717, 1.165) is 15.7 Å². The molecule has 2 aromatic rings. The van der Waals surface area contributed by atoms with Crippen LogP contribution >= 0.6 is 11.8 Å². The summed E-state index contributed by atoms with van der Waals surface area (Å²) in [5.41, 5.74) is 0.829. The molecule has 0 aliphatic carbocycles. The molecule has 0 saturated carbocycles. The van der Waals surface area contributed by atoms with Crippen LogP contribution in [0.1, 0.15) is 18.6 Å². The van der Waals surface area contributed by atoms with E-state index in [9.17, 15) is 5.11 Å². The second kappa shape index (κ2) is 4.67. The van der Waals surface area contributed by atoms with Gasteiger partial charge in [-0.1, -0.05) is 6.07 Å². The molecule has 2 rings (SSSR count). The van der Waals surface area contributed by atoms with Gasteiger partial charge in [-0.2, -0.15) is 0 Å². The molecule has 4 nitrogen and oxygen atoms in total. The van der Waals surface area contributed by atoms with Gasteiger partial charge in [0.05, 0.1) is 6.10 Å². The van der Waals surface area contributed by atoms with Crippen LogP contribution in [-0.2, 0) is 7.05 Å². The zero-order chi connectivity index (χ0) is 11.5. The lowest BCUT2D eigenvalue weighted by molar-refractivity contribution is 0.195. The van der Waals surface area contributed by atoms with E-state index < -0.39 is 6.10 Å². The van der Waals surface area contributed by atoms with E-state index >= 15 is 0 Å². The first-order valence-electron chi connectivity index (χ1n) is 4.96. The predicted molar refractivity (Wildman–Crippen MR) is 62.2 cm³/mol. The molecule has 0 saturated heterocycles. The van der Waals surface area contributed by atoms with Crippen LogP contribution in [0, 0.1) is 0 Å². The molecule has 0 amide bonds. The topological polar surface area (TPSA) is 50.9 Å². The maximum atomic E-state index is 9.62. The third-order valence-corrected chi connectivity index (χ3v) is 3.33. The Morgan fingerprint density at radius 2 is 2.19 bits per heavy atom. The highest BCUT2D eigenvalue weighted by molar-refractivity contribution is 7.99. The maximum Gasteiger partial charge on any atom is 0.174 e. The molecular weight excluding hydrogens is 222 g/mol. The van der Waals surface area contributed by atoms with Crippen LogP contribution in [0.5, 0.6) is 0 Å². The largest absolute Gasteiger partial charge is 0.389 e. The Morgan fingerprint density at radius 1 is 1.38 bits per heavy atom. The quantitative estimate of drug-likeness (QED) is 0.884. The van der Waals surface area contributed by atoms with Gasteiger partial charge >= 0.3 is 0 Å². The highest BCUT2D eigenvalue weighted by Gasteiger charge is 2.11. The van der Waals surface area contributed by atoms with Crippen LogP contribution in [0.3, 0.4) is 0 Å². The molecule has 5 heteroatoms. The molecule has 0 fully saturated rings. The summed E-state index contributed by atoms with van der Waals surface area (Å²) >= 11 is 1.46. The Kier molecular flexibility index (Phi) is 3.26. The lowest BCUT2D eigenvalue weighted by atomic mass is 10.2. The lowest BCUT2D eigenvalue weighted by Crippen LogP contribution is -1.97. The molecule has 2 heterocycles. The Bertz CT molecular complexity index is 482. The molecule has 16 heavy (non-hydrogen) atoms. The van der Waals surface area contributed by atoms with E-state index in [1.807, 2.05) is 29.9 Å². The number of aliphatic hydroxyl groups excluding tert-OH is 1. The molecule has 0 aliphatic heterocycles. The standard InChI is InChI=1S/C11H13N3OS/c1-8(15)9-4-3-5-12-10(9)16-11-13-6-7-14(11)2/h3-8,15H,1-2H3. The van der Waals surface area contributed by atoms with Crippen molar-refractivity contribution in [3.63, 3.8) is 0 Å². The highest BCUT2D eigenvalue weighted by atomic mass is 32.2. The summed E-state index contributed by atoms with van der Waals surface area (Å²) in [6, 6.07) is 3.70. The summed E-state index contributed by atoms with van der Waals surface area (Å²) in [5, 5.41) is 11.3. The van der Waals surface area contributed by atoms with E-state index in [2.05, 4.69) is 9.97 Å². The molecule has 84 valence electrons. The fraction of sp³-hybridized carbons (Fsp3) is 0.273. The van der Waals surface area contributed by atoms with Crippen LogP contribution in [0.25, 0.3) is 0 Å². The monoisotopic (exact) mass is 235 g/mol. The average molecular weight is 235 g/mol. The molecule has 2 aromatic heterocycles. The van der Waals surface area contributed by atoms with Crippen LogP contribution in [0.15, 0.2) is 40.9 Å². The van der Waals surface area contributed by atoms with Gasteiger partial charge in [-0.3, -0.25) is 0 Å². The second-order valence-electron chi connectivity index (χ2n) is 3.50. The van der Waals surface area contributed by atoms with Crippen LogP contribution in [-0.4, -0.2) is 19.6 Å². The molecule has 1 unspecified atom stereocenters. The van der Waals surface area contributed by atoms with Crippen molar-refractivity contribution >= 4 is 11.8 Å². The molecule has 0 bridgehead atoms. The molecule has 0 spiro atoms. The van der Waals surface area contributed by atoms with E-state index in [0.29, 0.717) is 0 Å². The number of aryl methyl sites for hydroxylation is 1. The first kappa shape index (κ1) is 11.2. The minimum Gasteiger partial charge on any atom is -0.389 e. The smallest absolute Gasteiger partial charge is 0.174 e. The van der Waals surface area contributed by atoms with Gasteiger partial charge < -0.3 is 9.67 Å². The van der Waals surface area contributed by atoms with Gasteiger partial charge in [0.25, 0.3) is 0 Å². The van der Waals surface area contributed by atoms with Gasteiger partial charge in [0, 0.05) is 31.2 Å². The third kappa shape index (κ3) is 2.25. The first-order valence-corrected chi connectivity index (χ1v) is 5.78. The number of hydrogen-bond acceptors (Lipinski definition) is 4. The number of imidazole rings is 1. The molecule has 0 aromatic carbocycles. The van der Waals surface area contributed by atoms with E-state index in [4.69, 9.17) is 0 Å². The molecular formula is C11H13N3OS. The fourth-order valence-electron chi connectivity index (χ4n) is 1.34. The van der Waals surface area contributed by atoms with Crippen molar-refractivity contribution in [1.29, 1.82) is 0 Å². The minimum atomic E-state index is -0.517. The van der Waals surface area contributed by atoms with Crippen molar-refractivity contribution in [2.45, 2.75) is 23.2 Å². The van der Waals surface area contributed by atoms with Crippen molar-refractivity contribution in [3.05, 3.63) is 36.3 Å². The SMILES string of the molecule is CC(O)c1cccnc1Sc1nccn1C. The number of aliphatic hydroxyl groups is 1. The van der Waals surface area contributed by atoms with E-state index in [-0.39, 0.29) is 0 Å².